The molecule has 0 saturated heterocycles. The van der Waals surface area contributed by atoms with Gasteiger partial charge in [-0.05, 0) is 94.4 Å². The molecule has 0 aliphatic carbocycles. The SMILES string of the molecule is CC(C)(C)c1cc2ccc3c(-c4ccc(-c5cccc6c5oc5ccccc56)cc4)cc(-c4ccccc4-c4ccccc4)c4ccc(c1)c2c34. The van der Waals surface area contributed by atoms with E-state index < -0.39 is 0 Å². The van der Waals surface area contributed by atoms with E-state index in [0.717, 1.165) is 33.1 Å². The lowest BCUT2D eigenvalue weighted by atomic mass is 9.81. The van der Waals surface area contributed by atoms with Crippen LogP contribution in [0.4, 0.5) is 0 Å². The molecule has 10 rings (SSSR count). The van der Waals surface area contributed by atoms with Gasteiger partial charge >= 0.3 is 0 Å². The Morgan fingerprint density at radius 3 is 1.67 bits per heavy atom. The van der Waals surface area contributed by atoms with Crippen LogP contribution in [0, 0.1) is 0 Å². The predicted molar refractivity (Wildman–Crippen MR) is 218 cm³/mol. The molecule has 0 aliphatic rings. The first-order chi connectivity index (χ1) is 24.9. The standard InChI is InChI=1S/C50H36O/c1-50(2,3)36-28-34-24-26-41-44(33-22-20-32(21-23-33)38-17-11-18-43-40-16-9-10-19-46(40)51-49(38)43)30-45(42-27-25-35(29-36)47(34)48(41)42)39-15-8-7-14-37(39)31-12-5-4-6-13-31/h4-30H,1-3H3. The summed E-state index contributed by atoms with van der Waals surface area (Å²) >= 11 is 0. The third kappa shape index (κ3) is 4.69. The third-order valence-electron chi connectivity index (χ3n) is 10.8. The molecule has 1 nitrogen and oxygen atoms in total. The number of rotatable bonds is 4. The van der Waals surface area contributed by atoms with E-state index >= 15 is 0 Å². The van der Waals surface area contributed by atoms with Crippen LogP contribution in [0.2, 0.25) is 0 Å². The van der Waals surface area contributed by atoms with Gasteiger partial charge in [0.1, 0.15) is 11.2 Å². The lowest BCUT2D eigenvalue weighted by molar-refractivity contribution is 0.591. The number of benzene rings is 9. The van der Waals surface area contributed by atoms with Gasteiger partial charge in [0, 0.05) is 16.3 Å². The van der Waals surface area contributed by atoms with Crippen LogP contribution in [0.15, 0.2) is 168 Å². The zero-order valence-electron chi connectivity index (χ0n) is 29.0. The van der Waals surface area contributed by atoms with Crippen molar-refractivity contribution in [3.8, 4) is 44.5 Å². The zero-order chi connectivity index (χ0) is 34.3. The van der Waals surface area contributed by atoms with Gasteiger partial charge in [-0.1, -0.05) is 172 Å². The van der Waals surface area contributed by atoms with E-state index in [-0.39, 0.29) is 5.41 Å². The number of hydrogen-bond donors (Lipinski definition) is 0. The molecule has 0 atom stereocenters. The van der Waals surface area contributed by atoms with Crippen molar-refractivity contribution in [2.75, 3.05) is 0 Å². The average Bonchev–Trinajstić information content (AvgIpc) is 3.56. The molecule has 0 spiro atoms. The van der Waals surface area contributed by atoms with E-state index in [2.05, 4.69) is 172 Å². The largest absolute Gasteiger partial charge is 0.455 e. The molecule has 9 aromatic carbocycles. The van der Waals surface area contributed by atoms with Crippen LogP contribution in [0.25, 0.3) is 98.8 Å². The molecule has 0 saturated carbocycles. The highest BCUT2D eigenvalue weighted by Gasteiger charge is 2.21. The van der Waals surface area contributed by atoms with Crippen molar-refractivity contribution >= 4 is 54.3 Å². The summed E-state index contributed by atoms with van der Waals surface area (Å²) < 4.78 is 6.42. The van der Waals surface area contributed by atoms with Gasteiger partial charge in [-0.3, -0.25) is 0 Å². The highest BCUT2D eigenvalue weighted by Crippen LogP contribution is 2.47. The summed E-state index contributed by atoms with van der Waals surface area (Å²) in [5.74, 6) is 0. The molecule has 0 amide bonds. The molecule has 10 aromatic rings. The van der Waals surface area contributed by atoms with E-state index in [9.17, 15) is 0 Å². The van der Waals surface area contributed by atoms with Gasteiger partial charge in [0.2, 0.25) is 0 Å². The minimum atomic E-state index is 0.0594. The smallest absolute Gasteiger partial charge is 0.143 e. The van der Waals surface area contributed by atoms with Crippen LogP contribution in [0.1, 0.15) is 26.3 Å². The van der Waals surface area contributed by atoms with Gasteiger partial charge in [0.05, 0.1) is 0 Å². The number of furan rings is 1. The Morgan fingerprint density at radius 1 is 0.373 bits per heavy atom. The summed E-state index contributed by atoms with van der Waals surface area (Å²) in [5.41, 5.74) is 12.9. The topological polar surface area (TPSA) is 13.1 Å². The first-order valence-corrected chi connectivity index (χ1v) is 17.8. The van der Waals surface area contributed by atoms with Crippen LogP contribution < -0.4 is 0 Å². The maximum atomic E-state index is 6.42. The van der Waals surface area contributed by atoms with Crippen molar-refractivity contribution in [3.63, 3.8) is 0 Å². The normalized spacial score (nSPS) is 12.2. The molecule has 0 unspecified atom stereocenters. The van der Waals surface area contributed by atoms with E-state index in [4.69, 9.17) is 4.42 Å². The average molecular weight is 653 g/mol. The number of para-hydroxylation sites is 2. The fourth-order valence-electron chi connectivity index (χ4n) is 8.20. The van der Waals surface area contributed by atoms with Crippen molar-refractivity contribution < 1.29 is 4.42 Å². The fraction of sp³-hybridized carbons (Fsp3) is 0.0800. The fourth-order valence-corrected chi connectivity index (χ4v) is 8.20. The Hall–Kier alpha value is -6.18. The van der Waals surface area contributed by atoms with E-state index in [1.54, 1.807) is 0 Å². The van der Waals surface area contributed by atoms with Gasteiger partial charge in [0.25, 0.3) is 0 Å². The van der Waals surface area contributed by atoms with Crippen LogP contribution in [0.5, 0.6) is 0 Å². The lowest BCUT2D eigenvalue weighted by Gasteiger charge is -2.23. The van der Waals surface area contributed by atoms with Crippen molar-refractivity contribution in [2.24, 2.45) is 0 Å². The molecular formula is C50H36O. The van der Waals surface area contributed by atoms with Crippen LogP contribution in [0.3, 0.4) is 0 Å². The summed E-state index contributed by atoms with van der Waals surface area (Å²) in [6.45, 7) is 6.90. The highest BCUT2D eigenvalue weighted by atomic mass is 16.3. The van der Waals surface area contributed by atoms with E-state index in [1.165, 1.54) is 71.3 Å². The van der Waals surface area contributed by atoms with E-state index in [0.29, 0.717) is 0 Å². The summed E-state index contributed by atoms with van der Waals surface area (Å²) in [7, 11) is 0. The number of fused-ring (bicyclic) bond motifs is 3. The summed E-state index contributed by atoms with van der Waals surface area (Å²) in [6, 6.07) is 60.1. The second-order valence-corrected chi connectivity index (χ2v) is 14.9. The molecule has 51 heavy (non-hydrogen) atoms. The maximum Gasteiger partial charge on any atom is 0.143 e. The molecule has 0 radical (unpaired) electrons. The van der Waals surface area contributed by atoms with Gasteiger partial charge in [-0.25, -0.2) is 0 Å². The monoisotopic (exact) mass is 652 g/mol. The van der Waals surface area contributed by atoms with Crippen molar-refractivity contribution in [2.45, 2.75) is 26.2 Å². The van der Waals surface area contributed by atoms with Crippen molar-refractivity contribution in [3.05, 3.63) is 169 Å². The summed E-state index contributed by atoms with van der Waals surface area (Å²) in [5, 5.41) is 10.1. The molecule has 0 N–H and O–H groups in total. The second-order valence-electron chi connectivity index (χ2n) is 14.9. The van der Waals surface area contributed by atoms with Crippen LogP contribution >= 0.6 is 0 Å². The first-order valence-electron chi connectivity index (χ1n) is 17.8. The molecule has 242 valence electrons. The minimum absolute atomic E-state index is 0.0594. The zero-order valence-corrected chi connectivity index (χ0v) is 29.0. The van der Waals surface area contributed by atoms with Gasteiger partial charge in [-0.2, -0.15) is 0 Å². The Labute approximate surface area is 297 Å². The van der Waals surface area contributed by atoms with Gasteiger partial charge in [0.15, 0.2) is 0 Å². The van der Waals surface area contributed by atoms with Crippen molar-refractivity contribution in [1.29, 1.82) is 0 Å². The Bertz CT molecular complexity index is 2900. The van der Waals surface area contributed by atoms with Crippen LogP contribution in [-0.2, 0) is 5.41 Å². The Balaban J connectivity index is 1.22. The van der Waals surface area contributed by atoms with Gasteiger partial charge in [-0.15, -0.1) is 0 Å². The molecule has 0 bridgehead atoms. The predicted octanol–water partition coefficient (Wildman–Crippen LogP) is 14.4. The highest BCUT2D eigenvalue weighted by molar-refractivity contribution is 6.28. The Morgan fingerprint density at radius 2 is 0.941 bits per heavy atom. The molecule has 1 heteroatoms. The molecular weight excluding hydrogens is 617 g/mol. The summed E-state index contributed by atoms with van der Waals surface area (Å²) in [4.78, 5) is 0. The Kier molecular flexibility index (Phi) is 6.51. The first kappa shape index (κ1) is 29.7. The van der Waals surface area contributed by atoms with Crippen LogP contribution in [-0.4, -0.2) is 0 Å². The molecule has 0 aliphatic heterocycles. The maximum absolute atomic E-state index is 6.42. The van der Waals surface area contributed by atoms with E-state index in [1.807, 2.05) is 12.1 Å². The minimum Gasteiger partial charge on any atom is -0.455 e. The van der Waals surface area contributed by atoms with Gasteiger partial charge < -0.3 is 4.42 Å². The summed E-state index contributed by atoms with van der Waals surface area (Å²) in [6.07, 6.45) is 0. The second kappa shape index (κ2) is 11.2. The lowest BCUT2D eigenvalue weighted by Crippen LogP contribution is -2.10. The molecule has 1 aromatic heterocycles. The quantitative estimate of drug-likeness (QED) is 0.172. The molecule has 1 heterocycles. The molecule has 0 fully saturated rings. The number of hydrogen-bond acceptors (Lipinski definition) is 1. The van der Waals surface area contributed by atoms with Crippen molar-refractivity contribution in [1.82, 2.24) is 0 Å². The third-order valence-corrected chi connectivity index (χ3v) is 10.8.